The Morgan fingerprint density at radius 3 is 3.00 bits per heavy atom. The van der Waals surface area contributed by atoms with E-state index >= 15 is 0 Å². The second-order valence-electron chi connectivity index (χ2n) is 5.64. The fourth-order valence-electron chi connectivity index (χ4n) is 2.74. The highest BCUT2D eigenvalue weighted by Crippen LogP contribution is 2.14. The van der Waals surface area contributed by atoms with Crippen molar-refractivity contribution in [3.63, 3.8) is 0 Å². The molecule has 6 nitrogen and oxygen atoms in total. The van der Waals surface area contributed by atoms with Crippen LogP contribution in [-0.4, -0.2) is 53.6 Å². The van der Waals surface area contributed by atoms with E-state index in [2.05, 4.69) is 10.00 Å². The highest BCUT2D eigenvalue weighted by molar-refractivity contribution is 5.69. The molecule has 2 aromatic rings. The van der Waals surface area contributed by atoms with Gasteiger partial charge in [-0.15, -0.1) is 0 Å². The van der Waals surface area contributed by atoms with Gasteiger partial charge in [-0.25, -0.2) is 4.68 Å². The Balaban J connectivity index is 1.59. The van der Waals surface area contributed by atoms with Crippen molar-refractivity contribution in [3.05, 3.63) is 48.3 Å². The van der Waals surface area contributed by atoms with E-state index in [0.29, 0.717) is 13.0 Å². The minimum absolute atomic E-state index is 0.0969. The Morgan fingerprint density at radius 2 is 2.22 bits per heavy atom. The van der Waals surface area contributed by atoms with Crippen molar-refractivity contribution in [2.45, 2.75) is 19.1 Å². The van der Waals surface area contributed by atoms with Gasteiger partial charge >= 0.3 is 5.97 Å². The Kier molecular flexibility index (Phi) is 5.05. The van der Waals surface area contributed by atoms with Crippen molar-refractivity contribution in [2.24, 2.45) is 0 Å². The molecule has 1 aliphatic heterocycles. The lowest BCUT2D eigenvalue weighted by Crippen LogP contribution is -2.42. The first-order chi connectivity index (χ1) is 11.2. The fourth-order valence-corrected chi connectivity index (χ4v) is 2.74. The first-order valence-electron chi connectivity index (χ1n) is 7.74. The summed E-state index contributed by atoms with van der Waals surface area (Å²) >= 11 is 0. The number of morpholine rings is 1. The lowest BCUT2D eigenvalue weighted by atomic mass is 10.2. The maximum Gasteiger partial charge on any atom is 0.308 e. The molecule has 122 valence electrons. The predicted molar refractivity (Wildman–Crippen MR) is 85.2 cm³/mol. The average Bonchev–Trinajstić information content (AvgIpc) is 3.04. The van der Waals surface area contributed by atoms with Gasteiger partial charge in [-0.05, 0) is 12.1 Å². The molecule has 0 radical (unpaired) electrons. The number of carbonyl (C=O) groups is 1. The Morgan fingerprint density at radius 1 is 1.39 bits per heavy atom. The maximum absolute atomic E-state index is 11.4. The summed E-state index contributed by atoms with van der Waals surface area (Å²) in [7, 11) is 1.40. The molecule has 0 spiro atoms. The van der Waals surface area contributed by atoms with Gasteiger partial charge in [-0.2, -0.15) is 5.10 Å². The number of benzene rings is 1. The lowest BCUT2D eigenvalue weighted by Gasteiger charge is -2.32. The van der Waals surface area contributed by atoms with Crippen LogP contribution in [0.4, 0.5) is 0 Å². The summed E-state index contributed by atoms with van der Waals surface area (Å²) in [6.07, 6.45) is 4.13. The molecular weight excluding hydrogens is 294 g/mol. The van der Waals surface area contributed by atoms with Gasteiger partial charge in [0, 0.05) is 31.4 Å². The highest BCUT2D eigenvalue weighted by atomic mass is 16.5. The number of hydrogen-bond acceptors (Lipinski definition) is 5. The van der Waals surface area contributed by atoms with Gasteiger partial charge in [-0.1, -0.05) is 18.2 Å². The molecule has 0 bridgehead atoms. The zero-order chi connectivity index (χ0) is 16.1. The minimum atomic E-state index is -0.228. The molecule has 0 amide bonds. The molecule has 1 fully saturated rings. The third-order valence-electron chi connectivity index (χ3n) is 3.91. The number of aromatic nitrogens is 2. The van der Waals surface area contributed by atoms with Gasteiger partial charge < -0.3 is 9.47 Å². The summed E-state index contributed by atoms with van der Waals surface area (Å²) in [5, 5.41) is 4.42. The van der Waals surface area contributed by atoms with Crippen molar-refractivity contribution >= 4 is 5.97 Å². The van der Waals surface area contributed by atoms with Gasteiger partial charge in [0.15, 0.2) is 0 Å². The van der Waals surface area contributed by atoms with E-state index < -0.39 is 0 Å². The van der Waals surface area contributed by atoms with E-state index in [9.17, 15) is 4.79 Å². The van der Waals surface area contributed by atoms with Gasteiger partial charge in [0.2, 0.25) is 0 Å². The maximum atomic E-state index is 11.4. The van der Waals surface area contributed by atoms with E-state index in [-0.39, 0.29) is 12.1 Å². The quantitative estimate of drug-likeness (QED) is 0.785. The standard InChI is InChI=1S/C17H21N3O3/c1-22-17(21)9-16-13-19(7-8-23-16)11-14-10-18-20(12-14)15-5-3-2-4-6-15/h2-6,10,12,16H,7-9,11,13H2,1H3. The molecule has 0 saturated carbocycles. The van der Waals surface area contributed by atoms with E-state index in [4.69, 9.17) is 9.47 Å². The van der Waals surface area contributed by atoms with Crippen LogP contribution in [0.15, 0.2) is 42.7 Å². The monoisotopic (exact) mass is 315 g/mol. The van der Waals surface area contributed by atoms with Crippen molar-refractivity contribution in [1.29, 1.82) is 0 Å². The number of esters is 1. The van der Waals surface area contributed by atoms with Crippen molar-refractivity contribution in [2.75, 3.05) is 26.8 Å². The second kappa shape index (κ2) is 7.39. The molecule has 1 aromatic carbocycles. The largest absolute Gasteiger partial charge is 0.469 e. The van der Waals surface area contributed by atoms with Gasteiger partial charge in [0.1, 0.15) is 0 Å². The van der Waals surface area contributed by atoms with Crippen molar-refractivity contribution in [3.8, 4) is 5.69 Å². The van der Waals surface area contributed by atoms with Crippen LogP contribution < -0.4 is 0 Å². The summed E-state index contributed by atoms with van der Waals surface area (Å²) in [6, 6.07) is 10.0. The number of para-hydroxylation sites is 1. The molecule has 1 aromatic heterocycles. The molecule has 3 rings (SSSR count). The fraction of sp³-hybridized carbons (Fsp3) is 0.412. The molecule has 1 aliphatic rings. The summed E-state index contributed by atoms with van der Waals surface area (Å²) < 4.78 is 12.2. The predicted octanol–water partition coefficient (Wildman–Crippen LogP) is 1.64. The van der Waals surface area contributed by atoms with E-state index in [1.165, 1.54) is 7.11 Å². The molecule has 1 saturated heterocycles. The zero-order valence-electron chi connectivity index (χ0n) is 13.2. The van der Waals surface area contributed by atoms with Crippen LogP contribution in [0.1, 0.15) is 12.0 Å². The molecule has 23 heavy (non-hydrogen) atoms. The molecule has 0 N–H and O–H groups in total. The third kappa shape index (κ3) is 4.18. The first-order valence-corrected chi connectivity index (χ1v) is 7.74. The number of nitrogens with zero attached hydrogens (tertiary/aromatic N) is 3. The summed E-state index contributed by atoms with van der Waals surface area (Å²) in [6.45, 7) is 3.02. The summed E-state index contributed by atoms with van der Waals surface area (Å²) in [5.41, 5.74) is 2.19. The number of hydrogen-bond donors (Lipinski definition) is 0. The lowest BCUT2D eigenvalue weighted by molar-refractivity contribution is -0.145. The number of ether oxygens (including phenoxy) is 2. The van der Waals surface area contributed by atoms with E-state index in [1.54, 1.807) is 0 Å². The van der Waals surface area contributed by atoms with Gasteiger partial charge in [-0.3, -0.25) is 9.69 Å². The highest BCUT2D eigenvalue weighted by Gasteiger charge is 2.23. The van der Waals surface area contributed by atoms with E-state index in [1.807, 2.05) is 47.4 Å². The number of carbonyl (C=O) groups excluding carboxylic acids is 1. The molecule has 2 heterocycles. The van der Waals surface area contributed by atoms with Crippen LogP contribution in [-0.2, 0) is 20.8 Å². The SMILES string of the molecule is COC(=O)CC1CN(Cc2cnn(-c3ccccc3)c2)CCO1. The van der Waals surface area contributed by atoms with Crippen LogP contribution in [0.2, 0.25) is 0 Å². The zero-order valence-corrected chi connectivity index (χ0v) is 13.2. The Bertz CT molecular complexity index is 642. The van der Waals surface area contributed by atoms with Crippen LogP contribution in [0.25, 0.3) is 5.69 Å². The molecule has 0 aliphatic carbocycles. The average molecular weight is 315 g/mol. The van der Waals surface area contributed by atoms with Gasteiger partial charge in [0.05, 0.1) is 38.1 Å². The Hall–Kier alpha value is -2.18. The van der Waals surface area contributed by atoms with Gasteiger partial charge in [0.25, 0.3) is 0 Å². The normalized spacial score (nSPS) is 18.7. The molecule has 6 heteroatoms. The van der Waals surface area contributed by atoms with Crippen LogP contribution >= 0.6 is 0 Å². The topological polar surface area (TPSA) is 56.6 Å². The summed E-state index contributed by atoms with van der Waals surface area (Å²) in [5.74, 6) is -0.228. The van der Waals surface area contributed by atoms with Crippen LogP contribution in [0, 0.1) is 0 Å². The smallest absolute Gasteiger partial charge is 0.308 e. The first kappa shape index (κ1) is 15.7. The van der Waals surface area contributed by atoms with Crippen LogP contribution in [0.3, 0.4) is 0 Å². The van der Waals surface area contributed by atoms with Crippen LogP contribution in [0.5, 0.6) is 0 Å². The number of methoxy groups -OCH3 is 1. The summed E-state index contributed by atoms with van der Waals surface area (Å²) in [4.78, 5) is 13.7. The second-order valence-corrected chi connectivity index (χ2v) is 5.64. The minimum Gasteiger partial charge on any atom is -0.469 e. The molecule has 1 unspecified atom stereocenters. The van der Waals surface area contributed by atoms with Crippen molar-refractivity contribution in [1.82, 2.24) is 14.7 Å². The number of rotatable bonds is 5. The van der Waals surface area contributed by atoms with Crippen molar-refractivity contribution < 1.29 is 14.3 Å². The van der Waals surface area contributed by atoms with E-state index in [0.717, 1.165) is 30.9 Å². The third-order valence-corrected chi connectivity index (χ3v) is 3.91. The Labute approximate surface area is 135 Å². The molecular formula is C17H21N3O3. The molecule has 1 atom stereocenters.